The average molecular weight is 279 g/mol. The number of nitrogens with zero attached hydrogens (tertiary/aromatic N) is 2. The molecule has 0 aliphatic carbocycles. The van der Waals surface area contributed by atoms with Crippen LogP contribution in [0.5, 0.6) is 0 Å². The third kappa shape index (κ3) is 2.91. The number of fused-ring (bicyclic) bond motifs is 2. The van der Waals surface area contributed by atoms with Gasteiger partial charge in [0.05, 0.1) is 0 Å². The first-order valence-corrected chi connectivity index (χ1v) is 6.81. The largest absolute Gasteiger partial charge is 0.465 e. The lowest BCUT2D eigenvalue weighted by atomic mass is 10.0. The first-order valence-electron chi connectivity index (χ1n) is 6.81. The van der Waals surface area contributed by atoms with Crippen LogP contribution in [0, 0.1) is 5.82 Å². The molecule has 1 aromatic carbocycles. The smallest absolute Gasteiger partial charge is 0.407 e. The Morgan fingerprint density at radius 3 is 2.35 bits per heavy atom. The number of carboxylic acid groups (broad SMARTS) is 1. The number of benzene rings is 1. The molecule has 2 unspecified atom stereocenters. The van der Waals surface area contributed by atoms with Crippen molar-refractivity contribution in [1.82, 2.24) is 15.1 Å². The van der Waals surface area contributed by atoms with Crippen molar-refractivity contribution in [3.63, 3.8) is 0 Å². The van der Waals surface area contributed by atoms with Gasteiger partial charge in [0, 0.05) is 44.8 Å². The van der Waals surface area contributed by atoms with Gasteiger partial charge >= 0.3 is 6.09 Å². The van der Waals surface area contributed by atoms with Gasteiger partial charge in [0.25, 0.3) is 0 Å². The van der Waals surface area contributed by atoms with Crippen LogP contribution in [-0.4, -0.2) is 59.3 Å². The van der Waals surface area contributed by atoms with Crippen molar-refractivity contribution in [2.24, 2.45) is 0 Å². The first kappa shape index (κ1) is 13.3. The van der Waals surface area contributed by atoms with Gasteiger partial charge in [-0.25, -0.2) is 9.18 Å². The molecule has 0 aromatic heterocycles. The number of carbonyl (C=O) groups is 1. The van der Waals surface area contributed by atoms with Gasteiger partial charge in [-0.1, -0.05) is 12.1 Å². The first-order chi connectivity index (χ1) is 9.60. The van der Waals surface area contributed by atoms with E-state index in [0.29, 0.717) is 13.1 Å². The van der Waals surface area contributed by atoms with Gasteiger partial charge < -0.3 is 15.3 Å². The molecule has 2 bridgehead atoms. The molecule has 2 aliphatic rings. The van der Waals surface area contributed by atoms with Crippen LogP contribution in [0.3, 0.4) is 0 Å². The molecule has 6 heteroatoms. The Kier molecular flexibility index (Phi) is 3.58. The molecular formula is C14H18FN3O2. The normalized spacial score (nSPS) is 26.6. The van der Waals surface area contributed by atoms with Gasteiger partial charge in [0.15, 0.2) is 0 Å². The van der Waals surface area contributed by atoms with E-state index in [2.05, 4.69) is 10.2 Å². The van der Waals surface area contributed by atoms with Crippen LogP contribution < -0.4 is 5.32 Å². The van der Waals surface area contributed by atoms with E-state index in [4.69, 9.17) is 5.11 Å². The van der Waals surface area contributed by atoms with Crippen molar-refractivity contribution in [1.29, 1.82) is 0 Å². The number of amides is 1. The third-order valence-electron chi connectivity index (χ3n) is 3.90. The van der Waals surface area contributed by atoms with Crippen LogP contribution in [0.25, 0.3) is 0 Å². The number of hydrogen-bond acceptors (Lipinski definition) is 3. The van der Waals surface area contributed by atoms with Crippen LogP contribution in [0.1, 0.15) is 5.56 Å². The summed E-state index contributed by atoms with van der Waals surface area (Å²) in [6.45, 7) is 3.48. The van der Waals surface area contributed by atoms with E-state index in [1.807, 2.05) is 0 Å². The van der Waals surface area contributed by atoms with Crippen LogP contribution in [0.4, 0.5) is 9.18 Å². The molecule has 2 fully saturated rings. The minimum absolute atomic E-state index is 0.180. The second kappa shape index (κ2) is 5.38. The number of rotatable bonds is 2. The Balaban J connectivity index is 1.61. The monoisotopic (exact) mass is 279 g/mol. The SMILES string of the molecule is O=C(O)N1CC2CN(Cc3ccc(F)cc3)CC(C1)N2. The maximum absolute atomic E-state index is 12.9. The molecule has 0 saturated carbocycles. The third-order valence-corrected chi connectivity index (χ3v) is 3.90. The summed E-state index contributed by atoms with van der Waals surface area (Å²) in [5, 5.41) is 12.5. The Morgan fingerprint density at radius 2 is 1.80 bits per heavy atom. The zero-order chi connectivity index (χ0) is 14.1. The Bertz CT molecular complexity index is 480. The highest BCUT2D eigenvalue weighted by molar-refractivity contribution is 5.65. The van der Waals surface area contributed by atoms with Gasteiger partial charge in [0.2, 0.25) is 0 Å². The molecule has 2 atom stereocenters. The van der Waals surface area contributed by atoms with Crippen molar-refractivity contribution in [2.45, 2.75) is 18.6 Å². The molecule has 0 spiro atoms. The van der Waals surface area contributed by atoms with Crippen molar-refractivity contribution < 1.29 is 14.3 Å². The molecule has 5 nitrogen and oxygen atoms in total. The lowest BCUT2D eigenvalue weighted by Gasteiger charge is -2.45. The van der Waals surface area contributed by atoms with E-state index in [1.54, 1.807) is 12.1 Å². The minimum Gasteiger partial charge on any atom is -0.465 e. The van der Waals surface area contributed by atoms with Crippen molar-refractivity contribution >= 4 is 6.09 Å². The second-order valence-corrected chi connectivity index (χ2v) is 5.57. The molecule has 2 heterocycles. The van der Waals surface area contributed by atoms with E-state index in [-0.39, 0.29) is 17.9 Å². The van der Waals surface area contributed by atoms with Crippen LogP contribution in [0.15, 0.2) is 24.3 Å². The molecule has 0 radical (unpaired) electrons. The fourth-order valence-corrected chi connectivity index (χ4v) is 3.10. The van der Waals surface area contributed by atoms with Crippen LogP contribution in [0.2, 0.25) is 0 Å². The van der Waals surface area contributed by atoms with Gasteiger partial charge in [0.1, 0.15) is 5.82 Å². The maximum atomic E-state index is 12.9. The summed E-state index contributed by atoms with van der Waals surface area (Å²) in [5.74, 6) is -0.219. The summed E-state index contributed by atoms with van der Waals surface area (Å²) in [5.41, 5.74) is 1.08. The van der Waals surface area contributed by atoms with Gasteiger partial charge in [-0.05, 0) is 17.7 Å². The number of nitrogens with one attached hydrogen (secondary N) is 1. The maximum Gasteiger partial charge on any atom is 0.407 e. The highest BCUT2D eigenvalue weighted by atomic mass is 19.1. The summed E-state index contributed by atoms with van der Waals surface area (Å²) in [7, 11) is 0. The predicted molar refractivity (Wildman–Crippen MR) is 72.0 cm³/mol. The Labute approximate surface area is 117 Å². The molecule has 2 aliphatic heterocycles. The molecule has 1 aromatic rings. The number of hydrogen-bond donors (Lipinski definition) is 2. The van der Waals surface area contributed by atoms with Crippen LogP contribution in [-0.2, 0) is 6.54 Å². The fraction of sp³-hybridized carbons (Fsp3) is 0.500. The molecule has 108 valence electrons. The lowest BCUT2D eigenvalue weighted by Crippen LogP contribution is -2.67. The van der Waals surface area contributed by atoms with Crippen molar-refractivity contribution in [2.75, 3.05) is 26.2 Å². The van der Waals surface area contributed by atoms with Crippen molar-refractivity contribution in [3.8, 4) is 0 Å². The summed E-state index contributed by atoms with van der Waals surface area (Å²) >= 11 is 0. The van der Waals surface area contributed by atoms with E-state index in [1.165, 1.54) is 17.0 Å². The molecule has 2 saturated heterocycles. The zero-order valence-electron chi connectivity index (χ0n) is 11.1. The molecular weight excluding hydrogens is 261 g/mol. The highest BCUT2D eigenvalue weighted by Crippen LogP contribution is 2.16. The number of halogens is 1. The summed E-state index contributed by atoms with van der Waals surface area (Å²) in [4.78, 5) is 14.8. The highest BCUT2D eigenvalue weighted by Gasteiger charge is 2.35. The fourth-order valence-electron chi connectivity index (χ4n) is 3.10. The van der Waals surface area contributed by atoms with Gasteiger partial charge in [-0.15, -0.1) is 0 Å². The summed E-state index contributed by atoms with van der Waals surface area (Å²) < 4.78 is 12.9. The second-order valence-electron chi connectivity index (χ2n) is 5.57. The minimum atomic E-state index is -0.839. The van der Waals surface area contributed by atoms with Gasteiger partial charge in [-0.2, -0.15) is 0 Å². The molecule has 2 N–H and O–H groups in total. The Hall–Kier alpha value is -1.66. The molecule has 3 rings (SSSR count). The summed E-state index contributed by atoms with van der Waals surface area (Å²) in [6.07, 6.45) is -0.839. The standard InChI is InChI=1S/C14H18FN3O2/c15-11-3-1-10(2-4-11)5-17-6-12-8-18(14(19)20)9-13(7-17)16-12/h1-4,12-13,16H,5-9H2,(H,19,20). The quantitative estimate of drug-likeness (QED) is 0.847. The summed E-state index contributed by atoms with van der Waals surface area (Å²) in [6, 6.07) is 6.92. The van der Waals surface area contributed by atoms with E-state index < -0.39 is 6.09 Å². The number of piperazine rings is 2. The average Bonchev–Trinajstić information content (AvgIpc) is 2.40. The van der Waals surface area contributed by atoms with E-state index in [9.17, 15) is 9.18 Å². The van der Waals surface area contributed by atoms with E-state index in [0.717, 1.165) is 25.2 Å². The molecule has 1 amide bonds. The van der Waals surface area contributed by atoms with E-state index >= 15 is 0 Å². The lowest BCUT2D eigenvalue weighted by molar-refractivity contribution is 0.0612. The van der Waals surface area contributed by atoms with Crippen LogP contribution >= 0.6 is 0 Å². The topological polar surface area (TPSA) is 55.8 Å². The predicted octanol–water partition coefficient (Wildman–Crippen LogP) is 0.962. The Morgan fingerprint density at radius 1 is 1.20 bits per heavy atom. The van der Waals surface area contributed by atoms with Crippen molar-refractivity contribution in [3.05, 3.63) is 35.6 Å². The van der Waals surface area contributed by atoms with Gasteiger partial charge in [-0.3, -0.25) is 4.90 Å². The zero-order valence-corrected chi connectivity index (χ0v) is 11.1. The molecule has 20 heavy (non-hydrogen) atoms.